The fraction of sp³-hybridized carbons (Fsp3) is 1.00. The maximum Gasteiger partial charge on any atom is 0.204 e. The SMILES string of the molecule is O.O.O.O.O.O.O.O.O.O.OC(O)C(O)O.[Mn].[Mn].[Mn].[Mn].[Mn].[Mn].[Mn]. The second-order valence-electron chi connectivity index (χ2n) is 0.827. The molecule has 0 unspecified atom stereocenters. The van der Waals surface area contributed by atoms with Gasteiger partial charge in [-0.3, -0.25) is 0 Å². The molecule has 0 aliphatic rings. The Bertz CT molecular complexity index is 50.1. The Hall–Kier alpha value is 3.08. The van der Waals surface area contributed by atoms with Gasteiger partial charge < -0.3 is 75.2 Å². The van der Waals surface area contributed by atoms with Crippen molar-refractivity contribution in [2.24, 2.45) is 0 Å². The Kier molecular flexibility index (Phi) is 1930. The predicted octanol–water partition coefficient (Wildman–Crippen LogP) is -10.7. The van der Waals surface area contributed by atoms with E-state index >= 15 is 0 Å². The van der Waals surface area contributed by atoms with Gasteiger partial charge in [-0.15, -0.1) is 0 Å². The van der Waals surface area contributed by atoms with Gasteiger partial charge in [-0.05, 0) is 0 Å². The molecule has 0 heterocycles. The molecule has 0 atom stereocenters. The molecule has 14 nitrogen and oxygen atoms in total. The molecule has 0 spiro atoms. The van der Waals surface area contributed by atoms with E-state index in [1.54, 1.807) is 0 Å². The number of aliphatic hydroxyl groups excluding tert-OH is 2. The molecule has 0 saturated carbocycles. The molecule has 21 heteroatoms. The van der Waals surface area contributed by atoms with Gasteiger partial charge in [0.1, 0.15) is 0 Å². The van der Waals surface area contributed by atoms with Crippen molar-refractivity contribution in [3.63, 3.8) is 0 Å². The van der Waals surface area contributed by atoms with Crippen LogP contribution in [0.15, 0.2) is 0 Å². The molecule has 0 aromatic heterocycles. The first-order chi connectivity index (χ1) is 2.64. The molecule has 7 radical (unpaired) electrons. The van der Waals surface area contributed by atoms with Gasteiger partial charge in [-0.25, -0.2) is 0 Å². The van der Waals surface area contributed by atoms with Crippen LogP contribution in [0.2, 0.25) is 0 Å². The van der Waals surface area contributed by atoms with E-state index in [1.165, 1.54) is 0 Å². The van der Waals surface area contributed by atoms with E-state index < -0.39 is 12.6 Å². The minimum absolute atomic E-state index is 0. The zero-order valence-corrected chi connectivity index (χ0v) is 18.9. The van der Waals surface area contributed by atoms with Gasteiger partial charge in [-0.2, -0.15) is 0 Å². The summed E-state index contributed by atoms with van der Waals surface area (Å²) < 4.78 is 0. The summed E-state index contributed by atoms with van der Waals surface area (Å²) in [5.41, 5.74) is 0. The second-order valence-corrected chi connectivity index (χ2v) is 0.827. The summed E-state index contributed by atoms with van der Waals surface area (Å²) in [7, 11) is 0. The van der Waals surface area contributed by atoms with Gasteiger partial charge in [0, 0.05) is 119 Å². The standard InChI is InChI=1S/C2H6O4.7Mn.10H2O/c3-1(4)2(5)6;;;;;;;;;;;;;;;;;/h1-6H;;;;;;;;10*1H2. The van der Waals surface area contributed by atoms with Crippen molar-refractivity contribution < 1.29 is 195 Å². The quantitative estimate of drug-likeness (QED) is 0.157. The summed E-state index contributed by atoms with van der Waals surface area (Å²) in [5, 5.41) is 30.7. The van der Waals surface area contributed by atoms with Crippen molar-refractivity contribution >= 4 is 0 Å². The monoisotopic (exact) mass is 659 g/mol. The van der Waals surface area contributed by atoms with Crippen LogP contribution in [0.1, 0.15) is 0 Å². The molecule has 23 heavy (non-hydrogen) atoms. The van der Waals surface area contributed by atoms with Crippen LogP contribution in [-0.2, 0) is 119 Å². The predicted molar refractivity (Wildman–Crippen MR) is 52.6 cm³/mol. The van der Waals surface area contributed by atoms with E-state index in [4.69, 9.17) is 20.4 Å². The Labute approximate surface area is 205 Å². The van der Waals surface area contributed by atoms with Gasteiger partial charge in [0.25, 0.3) is 0 Å². The van der Waals surface area contributed by atoms with Gasteiger partial charge in [-0.1, -0.05) is 0 Å². The minimum Gasteiger partial charge on any atom is -0.412 e. The van der Waals surface area contributed by atoms with Gasteiger partial charge in [0.15, 0.2) is 0 Å². The minimum atomic E-state index is -2.04. The van der Waals surface area contributed by atoms with E-state index in [-0.39, 0.29) is 174 Å². The van der Waals surface area contributed by atoms with Gasteiger partial charge in [0.2, 0.25) is 12.6 Å². The van der Waals surface area contributed by atoms with Crippen LogP contribution in [0.25, 0.3) is 0 Å². The van der Waals surface area contributed by atoms with Crippen LogP contribution in [0.5, 0.6) is 0 Å². The molecule has 0 aromatic rings. The summed E-state index contributed by atoms with van der Waals surface area (Å²) in [6.07, 6.45) is -4.07. The summed E-state index contributed by atoms with van der Waals surface area (Å²) in [6.45, 7) is 0. The third-order valence-corrected chi connectivity index (χ3v) is 0.267. The molecule has 0 aliphatic carbocycles. The van der Waals surface area contributed by atoms with Crippen LogP contribution in [0, 0.1) is 0 Å². The Morgan fingerprint density at radius 3 is 0.304 bits per heavy atom. The first kappa shape index (κ1) is 251. The van der Waals surface area contributed by atoms with Crippen molar-refractivity contribution in [2.75, 3.05) is 0 Å². The average Bonchev–Trinajstić information content (AvgIpc) is 1.36. The number of hydrogen-bond donors (Lipinski definition) is 4. The topological polar surface area (TPSA) is 396 Å². The molecule has 0 bridgehead atoms. The molecule has 0 aromatic carbocycles. The van der Waals surface area contributed by atoms with Crippen LogP contribution in [-0.4, -0.2) is 87.8 Å². The maximum absolute atomic E-state index is 7.69. The van der Waals surface area contributed by atoms with Gasteiger partial charge in [0.05, 0.1) is 0 Å². The van der Waals surface area contributed by atoms with E-state index in [0.29, 0.717) is 0 Å². The first-order valence-electron chi connectivity index (χ1n) is 1.37. The molecular weight excluding hydrogens is 633 g/mol. The first-order valence-corrected chi connectivity index (χ1v) is 1.37. The number of rotatable bonds is 1. The summed E-state index contributed by atoms with van der Waals surface area (Å²) in [6, 6.07) is 0. The van der Waals surface area contributed by atoms with Gasteiger partial charge >= 0.3 is 0 Å². The van der Waals surface area contributed by atoms with Crippen molar-refractivity contribution in [2.45, 2.75) is 12.6 Å². The maximum atomic E-state index is 7.69. The molecule has 0 aliphatic heterocycles. The Morgan fingerprint density at radius 2 is 0.304 bits per heavy atom. The van der Waals surface area contributed by atoms with Crippen LogP contribution >= 0.6 is 0 Å². The number of aliphatic hydroxyl groups is 4. The van der Waals surface area contributed by atoms with E-state index in [9.17, 15) is 0 Å². The third-order valence-electron chi connectivity index (χ3n) is 0.267. The van der Waals surface area contributed by atoms with Crippen molar-refractivity contribution in [3.8, 4) is 0 Å². The largest absolute Gasteiger partial charge is 0.412 e. The Balaban J connectivity index is -0.000000000919. The second kappa shape index (κ2) is 176. The molecule has 0 saturated heterocycles. The third kappa shape index (κ3) is 267. The molecule has 0 rings (SSSR count). The normalized spacial score (nSPS) is 2.87. The summed E-state index contributed by atoms with van der Waals surface area (Å²) in [5.74, 6) is 0. The molecule has 0 amide bonds. The fourth-order valence-corrected chi connectivity index (χ4v) is 0. The van der Waals surface area contributed by atoms with Crippen LogP contribution in [0.3, 0.4) is 0 Å². The van der Waals surface area contributed by atoms with E-state index in [1.807, 2.05) is 0 Å². The Morgan fingerprint density at radius 1 is 0.261 bits per heavy atom. The van der Waals surface area contributed by atoms with Crippen molar-refractivity contribution in [3.05, 3.63) is 0 Å². The average molecular weight is 659 g/mol. The summed E-state index contributed by atoms with van der Waals surface area (Å²) >= 11 is 0. The zero-order chi connectivity index (χ0) is 5.15. The number of hydrogen-bond acceptors (Lipinski definition) is 4. The van der Waals surface area contributed by atoms with Crippen molar-refractivity contribution in [1.29, 1.82) is 0 Å². The van der Waals surface area contributed by atoms with E-state index in [0.717, 1.165) is 0 Å². The fourth-order valence-electron chi connectivity index (χ4n) is 0. The smallest absolute Gasteiger partial charge is 0.204 e. The molecule has 167 valence electrons. The zero-order valence-electron chi connectivity index (χ0n) is 10.6. The molecular formula is C2H26Mn7O14. The van der Waals surface area contributed by atoms with Crippen LogP contribution in [0.4, 0.5) is 0 Å². The molecule has 24 N–H and O–H groups in total. The summed E-state index contributed by atoms with van der Waals surface area (Å²) in [4.78, 5) is 0. The van der Waals surface area contributed by atoms with E-state index in [2.05, 4.69) is 0 Å². The van der Waals surface area contributed by atoms with Crippen LogP contribution < -0.4 is 0 Å². The van der Waals surface area contributed by atoms with Crippen molar-refractivity contribution in [1.82, 2.24) is 0 Å². The molecule has 0 fully saturated rings.